The van der Waals surface area contributed by atoms with E-state index in [0.29, 0.717) is 17.5 Å². The maximum Gasteiger partial charge on any atom is 0.164 e. The molecule has 5 nitrogen and oxygen atoms in total. The van der Waals surface area contributed by atoms with Gasteiger partial charge in [0, 0.05) is 58.4 Å². The minimum absolute atomic E-state index is 0.558. The van der Waals surface area contributed by atoms with Crippen LogP contribution in [0.5, 0.6) is 0 Å². The Kier molecular flexibility index (Phi) is 7.21. The molecular weight excluding hydrogens is 791 g/mol. The van der Waals surface area contributed by atoms with E-state index in [1.165, 1.54) is 52.7 Å². The minimum atomic E-state index is 0.558. The van der Waals surface area contributed by atoms with Crippen molar-refractivity contribution in [2.24, 2.45) is 0 Å². The van der Waals surface area contributed by atoms with Gasteiger partial charge in [-0.2, -0.15) is 0 Å². The molecule has 10 aromatic carbocycles. The highest BCUT2D eigenvalue weighted by Gasteiger charge is 2.18. The second-order valence-corrected chi connectivity index (χ2v) is 17.4. The van der Waals surface area contributed by atoms with E-state index >= 15 is 0 Å². The monoisotopic (exact) mass is 821 g/mol. The number of furan rings is 2. The Morgan fingerprint density at radius 2 is 0.651 bits per heavy atom. The highest BCUT2D eigenvalue weighted by atomic mass is 32.1. The van der Waals surface area contributed by atoms with E-state index in [1.807, 2.05) is 35.6 Å². The number of para-hydroxylation sites is 1. The Hall–Kier alpha value is -8.19. The molecule has 0 saturated heterocycles. The first-order valence-corrected chi connectivity index (χ1v) is 21.9. The summed E-state index contributed by atoms with van der Waals surface area (Å²) in [4.78, 5) is 15.6. The van der Waals surface area contributed by atoms with Gasteiger partial charge in [-0.3, -0.25) is 0 Å². The fourth-order valence-corrected chi connectivity index (χ4v) is 10.8. The standard InChI is InChI=1S/C57H31N3O2S/c1-2-11-39-37(9-1)38-10-3-4-12-40(38)46-29-34(17-22-41(39)46)55-58-56(35-18-23-43-42-13-5-7-15-49(42)61-51(43)30-35)60-57(59-55)36-19-24-44-47-27-32(20-25-50(47)62-52(44)31-36)33-21-26-54-48(28-33)45-14-6-8-16-53(45)63-54/h1-31H. The number of aromatic nitrogens is 3. The second-order valence-electron chi connectivity index (χ2n) is 16.3. The number of benzene rings is 10. The van der Waals surface area contributed by atoms with Crippen LogP contribution in [0.4, 0.5) is 0 Å². The third-order valence-electron chi connectivity index (χ3n) is 12.7. The molecule has 0 amide bonds. The van der Waals surface area contributed by atoms with Crippen molar-refractivity contribution >= 4 is 108 Å². The van der Waals surface area contributed by atoms with E-state index in [2.05, 4.69) is 164 Å². The highest BCUT2D eigenvalue weighted by molar-refractivity contribution is 7.25. The smallest absolute Gasteiger partial charge is 0.164 e. The van der Waals surface area contributed by atoms with Crippen molar-refractivity contribution in [3.63, 3.8) is 0 Å². The molecule has 0 aliphatic rings. The molecule has 63 heavy (non-hydrogen) atoms. The lowest BCUT2D eigenvalue weighted by molar-refractivity contribution is 0.668. The fraction of sp³-hybridized carbons (Fsp3) is 0. The fourth-order valence-electron chi connectivity index (χ4n) is 9.68. The first-order chi connectivity index (χ1) is 31.2. The Morgan fingerprint density at radius 3 is 1.30 bits per heavy atom. The second kappa shape index (κ2) is 13.2. The summed E-state index contributed by atoms with van der Waals surface area (Å²) in [6.45, 7) is 0. The number of nitrogens with zero attached hydrogens (tertiary/aromatic N) is 3. The molecule has 0 N–H and O–H groups in total. The molecule has 14 aromatic rings. The van der Waals surface area contributed by atoms with Crippen molar-refractivity contribution in [3.8, 4) is 45.3 Å². The molecule has 0 aliphatic carbocycles. The molecule has 6 heteroatoms. The van der Waals surface area contributed by atoms with Crippen LogP contribution in [0.1, 0.15) is 0 Å². The Morgan fingerprint density at radius 1 is 0.254 bits per heavy atom. The van der Waals surface area contributed by atoms with E-state index in [1.54, 1.807) is 0 Å². The van der Waals surface area contributed by atoms with Crippen LogP contribution in [-0.4, -0.2) is 15.0 Å². The molecule has 0 radical (unpaired) electrons. The van der Waals surface area contributed by atoms with Crippen LogP contribution in [0.3, 0.4) is 0 Å². The van der Waals surface area contributed by atoms with Gasteiger partial charge in [-0.25, -0.2) is 15.0 Å². The van der Waals surface area contributed by atoms with E-state index in [9.17, 15) is 0 Å². The molecule has 0 atom stereocenters. The summed E-state index contributed by atoms with van der Waals surface area (Å²) in [6.07, 6.45) is 0. The molecule has 0 bridgehead atoms. The van der Waals surface area contributed by atoms with Gasteiger partial charge in [0.25, 0.3) is 0 Å². The number of rotatable bonds is 4. The molecule has 0 unspecified atom stereocenters. The van der Waals surface area contributed by atoms with Crippen molar-refractivity contribution < 1.29 is 8.83 Å². The lowest BCUT2D eigenvalue weighted by atomic mass is 9.93. The third-order valence-corrected chi connectivity index (χ3v) is 13.9. The minimum Gasteiger partial charge on any atom is -0.456 e. The van der Waals surface area contributed by atoms with Gasteiger partial charge < -0.3 is 8.83 Å². The molecule has 0 fully saturated rings. The molecule has 4 heterocycles. The summed E-state index contributed by atoms with van der Waals surface area (Å²) in [5.74, 6) is 1.71. The van der Waals surface area contributed by atoms with Gasteiger partial charge in [0.15, 0.2) is 17.5 Å². The zero-order valence-corrected chi connectivity index (χ0v) is 34.3. The van der Waals surface area contributed by atoms with Crippen molar-refractivity contribution in [1.29, 1.82) is 0 Å². The first-order valence-electron chi connectivity index (χ1n) is 21.1. The van der Waals surface area contributed by atoms with E-state index in [-0.39, 0.29) is 0 Å². The molecule has 292 valence electrons. The van der Waals surface area contributed by atoms with E-state index in [4.69, 9.17) is 23.8 Å². The van der Waals surface area contributed by atoms with Gasteiger partial charge in [0.2, 0.25) is 0 Å². The average Bonchev–Trinajstić information content (AvgIpc) is 4.04. The maximum absolute atomic E-state index is 6.57. The van der Waals surface area contributed by atoms with Crippen molar-refractivity contribution in [2.45, 2.75) is 0 Å². The predicted octanol–water partition coefficient (Wildman–Crippen LogP) is 16.2. The average molecular weight is 822 g/mol. The normalized spacial score (nSPS) is 12.1. The van der Waals surface area contributed by atoms with Gasteiger partial charge >= 0.3 is 0 Å². The molecule has 14 rings (SSSR count). The topological polar surface area (TPSA) is 65.0 Å². The molecule has 0 aliphatic heterocycles. The molecule has 0 spiro atoms. The van der Waals surface area contributed by atoms with Crippen LogP contribution in [0.2, 0.25) is 0 Å². The zero-order chi connectivity index (χ0) is 41.2. The van der Waals surface area contributed by atoms with E-state index < -0.39 is 0 Å². The molecule has 0 saturated carbocycles. The summed E-state index contributed by atoms with van der Waals surface area (Å²) in [6, 6.07) is 66.4. The maximum atomic E-state index is 6.57. The number of hydrogen-bond acceptors (Lipinski definition) is 6. The predicted molar refractivity (Wildman–Crippen MR) is 262 cm³/mol. The number of hydrogen-bond donors (Lipinski definition) is 0. The summed E-state index contributed by atoms with van der Waals surface area (Å²) in [5, 5.41) is 14.0. The van der Waals surface area contributed by atoms with Gasteiger partial charge in [-0.05, 0) is 110 Å². The van der Waals surface area contributed by atoms with Gasteiger partial charge in [0.05, 0.1) is 0 Å². The van der Waals surface area contributed by atoms with Gasteiger partial charge in [0.1, 0.15) is 22.3 Å². The highest BCUT2D eigenvalue weighted by Crippen LogP contribution is 2.41. The molecule has 4 aromatic heterocycles. The lowest BCUT2D eigenvalue weighted by Gasteiger charge is -2.12. The van der Waals surface area contributed by atoms with Crippen LogP contribution in [0.15, 0.2) is 197 Å². The van der Waals surface area contributed by atoms with Crippen molar-refractivity contribution in [3.05, 3.63) is 188 Å². The lowest BCUT2D eigenvalue weighted by Crippen LogP contribution is -2.00. The number of fused-ring (bicyclic) bond motifs is 15. The van der Waals surface area contributed by atoms with Crippen LogP contribution >= 0.6 is 11.3 Å². The van der Waals surface area contributed by atoms with Crippen molar-refractivity contribution in [2.75, 3.05) is 0 Å². The number of thiophene rings is 1. The summed E-state index contributed by atoms with van der Waals surface area (Å²) < 4.78 is 15.5. The third kappa shape index (κ3) is 5.32. The first kappa shape index (κ1) is 34.5. The Labute approximate surface area is 363 Å². The van der Waals surface area contributed by atoms with Gasteiger partial charge in [-0.1, -0.05) is 121 Å². The SMILES string of the molecule is c1ccc2c(c1)oc1cc(-c3nc(-c4ccc5c(c4)oc4ccc(-c6ccc7sc8ccccc8c7c6)cc45)nc(-c4ccc5c6ccccc6c6ccccc6c5c4)n3)ccc12. The zero-order valence-electron chi connectivity index (χ0n) is 33.5. The largest absolute Gasteiger partial charge is 0.456 e. The van der Waals surface area contributed by atoms with Crippen LogP contribution in [0.25, 0.3) is 142 Å². The van der Waals surface area contributed by atoms with Crippen LogP contribution < -0.4 is 0 Å². The van der Waals surface area contributed by atoms with Crippen LogP contribution in [-0.2, 0) is 0 Å². The quantitative estimate of drug-likeness (QED) is 0.165. The van der Waals surface area contributed by atoms with E-state index in [0.717, 1.165) is 71.5 Å². The van der Waals surface area contributed by atoms with Crippen molar-refractivity contribution in [1.82, 2.24) is 15.0 Å². The summed E-state index contributed by atoms with van der Waals surface area (Å²) in [7, 11) is 0. The Balaban J connectivity index is 0.930. The molecular formula is C57H31N3O2S. The Bertz CT molecular complexity index is 4200. The van der Waals surface area contributed by atoms with Crippen LogP contribution in [0, 0.1) is 0 Å². The van der Waals surface area contributed by atoms with Gasteiger partial charge in [-0.15, -0.1) is 11.3 Å². The summed E-state index contributed by atoms with van der Waals surface area (Å²) in [5.41, 5.74) is 8.15. The summed E-state index contributed by atoms with van der Waals surface area (Å²) >= 11 is 1.84.